The lowest BCUT2D eigenvalue weighted by molar-refractivity contribution is 0.101. The van der Waals surface area contributed by atoms with Crippen molar-refractivity contribution in [2.24, 2.45) is 0 Å². The first kappa shape index (κ1) is 15.3. The highest BCUT2D eigenvalue weighted by atomic mass is 32.1. The van der Waals surface area contributed by atoms with Gasteiger partial charge in [-0.15, -0.1) is 0 Å². The van der Waals surface area contributed by atoms with Crippen LogP contribution in [0.5, 0.6) is 10.8 Å². The molecule has 0 saturated heterocycles. The molecule has 23 heavy (non-hydrogen) atoms. The molecule has 0 amide bonds. The number of hydrogen-bond donors (Lipinski definition) is 0. The van der Waals surface area contributed by atoms with E-state index in [4.69, 9.17) is 4.74 Å². The van der Waals surface area contributed by atoms with Crippen molar-refractivity contribution in [2.75, 3.05) is 0 Å². The van der Waals surface area contributed by atoms with Gasteiger partial charge in [-0.2, -0.15) is 0 Å². The van der Waals surface area contributed by atoms with E-state index in [-0.39, 0.29) is 16.6 Å². The van der Waals surface area contributed by atoms with Crippen LogP contribution in [0.15, 0.2) is 48.8 Å². The Morgan fingerprint density at radius 2 is 1.87 bits per heavy atom. The molecule has 3 rings (SSSR count). The van der Waals surface area contributed by atoms with E-state index in [0.717, 1.165) is 28.6 Å². The summed E-state index contributed by atoms with van der Waals surface area (Å²) in [6, 6.07) is 8.20. The third-order valence-corrected chi connectivity index (χ3v) is 4.20. The second kappa shape index (κ2) is 6.26. The van der Waals surface area contributed by atoms with Gasteiger partial charge in [0, 0.05) is 23.3 Å². The Balaban J connectivity index is 2.03. The molecule has 0 spiro atoms. The maximum absolute atomic E-state index is 13.7. The molecule has 3 nitrogen and oxygen atoms in total. The van der Waals surface area contributed by atoms with Crippen LogP contribution in [0.4, 0.5) is 8.78 Å². The molecule has 0 N–H and O–H groups in total. The van der Waals surface area contributed by atoms with E-state index in [1.807, 2.05) is 0 Å². The minimum Gasteiger partial charge on any atom is -0.443 e. The molecule has 0 fully saturated rings. The number of thiophene rings is 1. The number of halogens is 2. The quantitative estimate of drug-likeness (QED) is 0.626. The largest absolute Gasteiger partial charge is 0.443 e. The van der Waals surface area contributed by atoms with Crippen molar-refractivity contribution in [1.29, 1.82) is 0 Å². The monoisotopic (exact) mass is 331 g/mol. The summed E-state index contributed by atoms with van der Waals surface area (Å²) in [5.74, 6) is -1.78. The average Bonchev–Trinajstić information content (AvgIpc) is 2.96. The summed E-state index contributed by atoms with van der Waals surface area (Å²) in [4.78, 5) is 16.5. The van der Waals surface area contributed by atoms with Crippen LogP contribution in [-0.2, 0) is 0 Å². The highest BCUT2D eigenvalue weighted by molar-refractivity contribution is 7.17. The Hall–Kier alpha value is -2.60. The summed E-state index contributed by atoms with van der Waals surface area (Å²) in [6.45, 7) is 1.40. The third kappa shape index (κ3) is 3.27. The van der Waals surface area contributed by atoms with E-state index in [0.29, 0.717) is 5.56 Å². The van der Waals surface area contributed by atoms with Gasteiger partial charge in [-0.05, 0) is 42.8 Å². The molecule has 116 valence electrons. The maximum atomic E-state index is 13.7. The van der Waals surface area contributed by atoms with Crippen molar-refractivity contribution >= 4 is 17.1 Å². The van der Waals surface area contributed by atoms with Crippen LogP contribution >= 0.6 is 11.3 Å². The Labute approximate surface area is 135 Å². The summed E-state index contributed by atoms with van der Waals surface area (Å²) in [5, 5.41) is 0.230. The van der Waals surface area contributed by atoms with E-state index in [1.54, 1.807) is 30.6 Å². The van der Waals surface area contributed by atoms with Crippen LogP contribution in [0.3, 0.4) is 0 Å². The van der Waals surface area contributed by atoms with E-state index in [1.165, 1.54) is 18.3 Å². The van der Waals surface area contributed by atoms with E-state index < -0.39 is 11.6 Å². The molecule has 2 heterocycles. The van der Waals surface area contributed by atoms with Gasteiger partial charge in [0.1, 0.15) is 5.82 Å². The number of rotatable bonds is 4. The first-order valence-electron chi connectivity index (χ1n) is 6.72. The van der Waals surface area contributed by atoms with Crippen LogP contribution < -0.4 is 4.74 Å². The summed E-state index contributed by atoms with van der Waals surface area (Å²) >= 11 is 1.19. The SMILES string of the molecule is CC(=O)c1cc(-c2ccncc2)sc1Oc1cc(F)ccc1F. The molecule has 0 aliphatic rings. The molecule has 0 saturated carbocycles. The number of aromatic nitrogens is 1. The van der Waals surface area contributed by atoms with Gasteiger partial charge in [-0.1, -0.05) is 11.3 Å². The van der Waals surface area contributed by atoms with Gasteiger partial charge in [-0.25, -0.2) is 8.78 Å². The molecular weight excluding hydrogens is 320 g/mol. The second-order valence-corrected chi connectivity index (χ2v) is 5.80. The van der Waals surface area contributed by atoms with Crippen LogP contribution in [0.2, 0.25) is 0 Å². The molecule has 0 aliphatic carbocycles. The molecule has 3 aromatic rings. The number of Topliss-reactive ketones (excluding diaryl/α,β-unsaturated/α-hetero) is 1. The number of nitrogens with zero attached hydrogens (tertiary/aromatic N) is 1. The minimum atomic E-state index is -0.695. The highest BCUT2D eigenvalue weighted by Gasteiger charge is 2.18. The smallest absolute Gasteiger partial charge is 0.192 e. The number of carbonyl (C=O) groups is 1. The van der Waals surface area contributed by atoms with E-state index in [9.17, 15) is 13.6 Å². The fourth-order valence-corrected chi connectivity index (χ4v) is 3.08. The number of hydrogen-bond acceptors (Lipinski definition) is 4. The van der Waals surface area contributed by atoms with Gasteiger partial charge < -0.3 is 4.74 Å². The highest BCUT2D eigenvalue weighted by Crippen LogP contribution is 2.40. The standard InChI is InChI=1S/C17H11F2NO2S/c1-10(21)13-9-16(11-4-6-20-7-5-11)23-17(13)22-15-8-12(18)2-3-14(15)19/h2-9H,1H3. The first-order valence-corrected chi connectivity index (χ1v) is 7.54. The minimum absolute atomic E-state index is 0.214. The predicted molar refractivity (Wildman–Crippen MR) is 84.0 cm³/mol. The molecular formula is C17H11F2NO2S. The van der Waals surface area contributed by atoms with Crippen LogP contribution in [-0.4, -0.2) is 10.8 Å². The van der Waals surface area contributed by atoms with Crippen molar-refractivity contribution in [3.63, 3.8) is 0 Å². The Morgan fingerprint density at radius 3 is 2.57 bits per heavy atom. The van der Waals surface area contributed by atoms with Crippen molar-refractivity contribution in [1.82, 2.24) is 4.98 Å². The zero-order valence-electron chi connectivity index (χ0n) is 12.0. The molecule has 0 aliphatic heterocycles. The van der Waals surface area contributed by atoms with E-state index in [2.05, 4.69) is 4.98 Å². The van der Waals surface area contributed by atoms with Gasteiger partial charge in [-0.3, -0.25) is 9.78 Å². The lowest BCUT2D eigenvalue weighted by Crippen LogP contribution is -1.94. The van der Waals surface area contributed by atoms with Crippen molar-refractivity contribution in [3.8, 4) is 21.3 Å². The topological polar surface area (TPSA) is 39.2 Å². The molecule has 0 atom stereocenters. The molecule has 1 aromatic carbocycles. The zero-order chi connectivity index (χ0) is 16.4. The normalized spacial score (nSPS) is 10.6. The maximum Gasteiger partial charge on any atom is 0.192 e. The molecule has 0 unspecified atom stereocenters. The second-order valence-electron chi connectivity index (χ2n) is 4.78. The van der Waals surface area contributed by atoms with Gasteiger partial charge in [0.25, 0.3) is 0 Å². The predicted octanol–water partition coefficient (Wildman–Crippen LogP) is 5.08. The molecule has 0 bridgehead atoms. The van der Waals surface area contributed by atoms with E-state index >= 15 is 0 Å². The van der Waals surface area contributed by atoms with Crippen molar-refractivity contribution in [2.45, 2.75) is 6.92 Å². The van der Waals surface area contributed by atoms with Gasteiger partial charge in [0.15, 0.2) is 22.4 Å². The van der Waals surface area contributed by atoms with Gasteiger partial charge >= 0.3 is 0 Å². The lowest BCUT2D eigenvalue weighted by Gasteiger charge is -2.06. The van der Waals surface area contributed by atoms with Crippen molar-refractivity contribution in [3.05, 3.63) is 66.0 Å². The number of benzene rings is 1. The number of pyridine rings is 1. The summed E-state index contributed by atoms with van der Waals surface area (Å²) in [6.07, 6.45) is 3.27. The van der Waals surface area contributed by atoms with Gasteiger partial charge in [0.2, 0.25) is 0 Å². The summed E-state index contributed by atoms with van der Waals surface area (Å²) in [5.41, 5.74) is 1.19. The number of ether oxygens (including phenoxy) is 1. The van der Waals surface area contributed by atoms with Crippen LogP contribution in [0, 0.1) is 11.6 Å². The molecule has 6 heteroatoms. The van der Waals surface area contributed by atoms with Crippen LogP contribution in [0.25, 0.3) is 10.4 Å². The summed E-state index contributed by atoms with van der Waals surface area (Å²) < 4.78 is 32.5. The first-order chi connectivity index (χ1) is 11.0. The number of ketones is 1. The van der Waals surface area contributed by atoms with Crippen molar-refractivity contribution < 1.29 is 18.3 Å². The average molecular weight is 331 g/mol. The zero-order valence-corrected chi connectivity index (χ0v) is 12.9. The Bertz CT molecular complexity index is 862. The fraction of sp³-hybridized carbons (Fsp3) is 0.0588. The molecule has 0 radical (unpaired) electrons. The fourth-order valence-electron chi connectivity index (χ4n) is 2.01. The number of carbonyl (C=O) groups excluding carboxylic acids is 1. The van der Waals surface area contributed by atoms with Gasteiger partial charge in [0.05, 0.1) is 5.56 Å². The molecule has 2 aromatic heterocycles. The third-order valence-electron chi connectivity index (χ3n) is 3.14. The lowest BCUT2D eigenvalue weighted by atomic mass is 10.1. The van der Waals surface area contributed by atoms with Crippen LogP contribution in [0.1, 0.15) is 17.3 Å². The summed E-state index contributed by atoms with van der Waals surface area (Å²) in [7, 11) is 0. The Morgan fingerprint density at radius 1 is 1.13 bits per heavy atom. The Kier molecular flexibility index (Phi) is 4.16.